The Bertz CT molecular complexity index is 998. The van der Waals surface area contributed by atoms with Crippen molar-refractivity contribution in [1.82, 2.24) is 0 Å². The number of fused-ring (bicyclic) bond motifs is 3. The van der Waals surface area contributed by atoms with E-state index in [1.54, 1.807) is 18.3 Å². The van der Waals surface area contributed by atoms with Crippen LogP contribution in [0.4, 0.5) is 0 Å². The molecule has 0 aliphatic heterocycles. The normalized spacial score (nSPS) is 12.0. The Morgan fingerprint density at radius 1 is 0.778 bits per heavy atom. The first-order valence-electron chi connectivity index (χ1n) is 8.48. The molecule has 134 valence electrons. The fraction of sp³-hybridized carbons (Fsp3) is 0.0909. The lowest BCUT2D eigenvalue weighted by Gasteiger charge is -2.08. The molecular formula is C22H18N2O3. The van der Waals surface area contributed by atoms with Gasteiger partial charge in [-0.1, -0.05) is 48.5 Å². The highest BCUT2D eigenvalue weighted by molar-refractivity contribution is 6.24. The van der Waals surface area contributed by atoms with Crippen molar-refractivity contribution >= 4 is 11.9 Å². The molecule has 0 heterocycles. The third-order valence-corrected chi connectivity index (χ3v) is 4.52. The van der Waals surface area contributed by atoms with Gasteiger partial charge in [0.1, 0.15) is 5.71 Å². The summed E-state index contributed by atoms with van der Waals surface area (Å²) in [5.74, 6) is 0.599. The number of nitrogens with zero attached hydrogens (tertiary/aromatic N) is 2. The minimum Gasteiger partial charge on any atom is -0.502 e. The lowest BCUT2D eigenvalue weighted by Crippen LogP contribution is -1.97. The van der Waals surface area contributed by atoms with E-state index in [1.807, 2.05) is 24.3 Å². The molecule has 0 amide bonds. The van der Waals surface area contributed by atoms with E-state index in [0.717, 1.165) is 28.0 Å². The van der Waals surface area contributed by atoms with Crippen LogP contribution in [0, 0.1) is 0 Å². The van der Waals surface area contributed by atoms with Crippen molar-refractivity contribution < 1.29 is 14.6 Å². The van der Waals surface area contributed by atoms with Gasteiger partial charge in [0.15, 0.2) is 11.5 Å². The standard InChI is InChI=1S/C22H18N2O3/c1-26-19-11-14(12-20(27-2)22(19)25)13-23-24-21-17-9-5-3-7-15(17)16-8-4-6-10-18(16)21/h3-13,25H,1-2H3/b23-13+. The van der Waals surface area contributed by atoms with Crippen LogP contribution in [0.15, 0.2) is 70.9 Å². The van der Waals surface area contributed by atoms with Crippen LogP contribution < -0.4 is 9.47 Å². The van der Waals surface area contributed by atoms with Gasteiger partial charge in [-0.3, -0.25) is 0 Å². The highest BCUT2D eigenvalue weighted by Crippen LogP contribution is 2.37. The number of benzene rings is 3. The van der Waals surface area contributed by atoms with E-state index in [0.29, 0.717) is 17.1 Å². The molecular weight excluding hydrogens is 340 g/mol. The highest BCUT2D eigenvalue weighted by Gasteiger charge is 2.23. The molecule has 0 fully saturated rings. The molecule has 3 aromatic carbocycles. The van der Waals surface area contributed by atoms with Crippen LogP contribution in [0.5, 0.6) is 17.2 Å². The van der Waals surface area contributed by atoms with Gasteiger partial charge in [0.25, 0.3) is 0 Å². The highest BCUT2D eigenvalue weighted by atomic mass is 16.5. The zero-order valence-electron chi connectivity index (χ0n) is 15.0. The molecule has 0 spiro atoms. The molecule has 0 saturated carbocycles. The van der Waals surface area contributed by atoms with Gasteiger partial charge < -0.3 is 14.6 Å². The summed E-state index contributed by atoms with van der Waals surface area (Å²) in [6.07, 6.45) is 1.61. The molecule has 5 heteroatoms. The molecule has 4 rings (SSSR count). The molecule has 0 atom stereocenters. The molecule has 1 aliphatic rings. The third-order valence-electron chi connectivity index (χ3n) is 4.52. The van der Waals surface area contributed by atoms with Crippen molar-refractivity contribution in [3.63, 3.8) is 0 Å². The molecule has 0 unspecified atom stereocenters. The van der Waals surface area contributed by atoms with Crippen LogP contribution in [-0.4, -0.2) is 31.3 Å². The quantitative estimate of drug-likeness (QED) is 0.438. The van der Waals surface area contributed by atoms with E-state index in [9.17, 15) is 5.11 Å². The van der Waals surface area contributed by atoms with E-state index >= 15 is 0 Å². The topological polar surface area (TPSA) is 63.4 Å². The monoisotopic (exact) mass is 358 g/mol. The molecule has 0 saturated heterocycles. The second-order valence-electron chi connectivity index (χ2n) is 6.06. The number of rotatable bonds is 4. The van der Waals surface area contributed by atoms with Crippen LogP contribution in [-0.2, 0) is 0 Å². The molecule has 0 bridgehead atoms. The minimum atomic E-state index is -0.0397. The lowest BCUT2D eigenvalue weighted by molar-refractivity contribution is 0.340. The van der Waals surface area contributed by atoms with Crippen molar-refractivity contribution in [2.24, 2.45) is 10.2 Å². The summed E-state index contributed by atoms with van der Waals surface area (Å²) in [6.45, 7) is 0. The van der Waals surface area contributed by atoms with Gasteiger partial charge in [-0.05, 0) is 23.3 Å². The number of ether oxygens (including phenoxy) is 2. The number of hydrogen-bond donors (Lipinski definition) is 1. The van der Waals surface area contributed by atoms with Gasteiger partial charge in [0.2, 0.25) is 5.75 Å². The summed E-state index contributed by atoms with van der Waals surface area (Å²) in [5, 5.41) is 18.8. The van der Waals surface area contributed by atoms with E-state index in [2.05, 4.69) is 34.5 Å². The predicted octanol–water partition coefficient (Wildman–Crippen LogP) is 4.26. The predicted molar refractivity (Wildman–Crippen MR) is 106 cm³/mol. The molecule has 0 radical (unpaired) electrons. The minimum absolute atomic E-state index is 0.0397. The number of hydrogen-bond acceptors (Lipinski definition) is 5. The average Bonchev–Trinajstić information content (AvgIpc) is 3.03. The van der Waals surface area contributed by atoms with Crippen LogP contribution in [0.1, 0.15) is 16.7 Å². The summed E-state index contributed by atoms with van der Waals surface area (Å²) in [4.78, 5) is 0. The zero-order chi connectivity index (χ0) is 18.8. The van der Waals surface area contributed by atoms with Gasteiger partial charge in [0, 0.05) is 16.7 Å². The van der Waals surface area contributed by atoms with Crippen LogP contribution >= 0.6 is 0 Å². The number of phenols is 1. The summed E-state index contributed by atoms with van der Waals surface area (Å²) in [7, 11) is 2.98. The molecule has 5 nitrogen and oxygen atoms in total. The largest absolute Gasteiger partial charge is 0.502 e. The number of phenolic OH excluding ortho intramolecular Hbond substituents is 1. The summed E-state index contributed by atoms with van der Waals surface area (Å²) >= 11 is 0. The maximum absolute atomic E-state index is 10.0. The first kappa shape index (κ1) is 16.8. The van der Waals surface area contributed by atoms with E-state index in [1.165, 1.54) is 14.2 Å². The van der Waals surface area contributed by atoms with Crippen molar-refractivity contribution in [2.45, 2.75) is 0 Å². The van der Waals surface area contributed by atoms with Gasteiger partial charge in [-0.25, -0.2) is 0 Å². The Hall–Kier alpha value is -3.60. The molecule has 27 heavy (non-hydrogen) atoms. The molecule has 3 aromatic rings. The maximum Gasteiger partial charge on any atom is 0.200 e. The maximum atomic E-state index is 10.0. The van der Waals surface area contributed by atoms with Gasteiger partial charge in [-0.2, -0.15) is 5.10 Å². The zero-order valence-corrected chi connectivity index (χ0v) is 15.0. The fourth-order valence-corrected chi connectivity index (χ4v) is 3.24. The van der Waals surface area contributed by atoms with Crippen LogP contribution in [0.25, 0.3) is 11.1 Å². The van der Waals surface area contributed by atoms with Gasteiger partial charge >= 0.3 is 0 Å². The third kappa shape index (κ3) is 2.93. The molecule has 0 aromatic heterocycles. The summed E-state index contributed by atoms with van der Waals surface area (Å²) < 4.78 is 10.3. The smallest absolute Gasteiger partial charge is 0.200 e. The van der Waals surface area contributed by atoms with Crippen LogP contribution in [0.2, 0.25) is 0 Å². The van der Waals surface area contributed by atoms with Crippen molar-refractivity contribution in [3.05, 3.63) is 77.4 Å². The van der Waals surface area contributed by atoms with E-state index in [-0.39, 0.29) is 5.75 Å². The van der Waals surface area contributed by atoms with E-state index < -0.39 is 0 Å². The van der Waals surface area contributed by atoms with Gasteiger partial charge in [0.05, 0.1) is 20.4 Å². The lowest BCUT2D eigenvalue weighted by atomic mass is 10.1. The van der Waals surface area contributed by atoms with Gasteiger partial charge in [-0.15, -0.1) is 5.10 Å². The van der Waals surface area contributed by atoms with Crippen molar-refractivity contribution in [1.29, 1.82) is 0 Å². The summed E-state index contributed by atoms with van der Waals surface area (Å²) in [6, 6.07) is 19.7. The Labute approximate surface area is 157 Å². The SMILES string of the molecule is COc1cc(/C=N/N=C2c3ccccc3-c3ccccc32)cc(OC)c1O. The summed E-state index contributed by atoms with van der Waals surface area (Å²) in [5.41, 5.74) is 6.01. The Morgan fingerprint density at radius 2 is 1.26 bits per heavy atom. The Morgan fingerprint density at radius 3 is 1.74 bits per heavy atom. The van der Waals surface area contributed by atoms with E-state index in [4.69, 9.17) is 9.47 Å². The first-order chi connectivity index (χ1) is 13.2. The van der Waals surface area contributed by atoms with Crippen LogP contribution in [0.3, 0.4) is 0 Å². The average molecular weight is 358 g/mol. The number of methoxy groups -OCH3 is 2. The van der Waals surface area contributed by atoms with Crippen molar-refractivity contribution in [2.75, 3.05) is 14.2 Å². The Kier molecular flexibility index (Phi) is 4.34. The Balaban J connectivity index is 1.73. The first-order valence-corrected chi connectivity index (χ1v) is 8.48. The number of aromatic hydroxyl groups is 1. The van der Waals surface area contributed by atoms with Crippen molar-refractivity contribution in [3.8, 4) is 28.4 Å². The fourth-order valence-electron chi connectivity index (χ4n) is 3.24. The second-order valence-corrected chi connectivity index (χ2v) is 6.06. The molecule has 1 aliphatic carbocycles. The molecule has 1 N–H and O–H groups in total. The second kappa shape index (κ2) is 6.96.